The normalized spacial score (nSPS) is 15.8. The first-order chi connectivity index (χ1) is 14.3. The van der Waals surface area contributed by atoms with E-state index >= 15 is 0 Å². The van der Waals surface area contributed by atoms with Crippen molar-refractivity contribution in [2.24, 2.45) is 0 Å². The molecule has 10 heteroatoms. The van der Waals surface area contributed by atoms with E-state index in [1.807, 2.05) is 0 Å². The van der Waals surface area contributed by atoms with Crippen molar-refractivity contribution in [3.63, 3.8) is 0 Å². The highest BCUT2D eigenvalue weighted by molar-refractivity contribution is 6.13. The fourth-order valence-electron chi connectivity index (χ4n) is 2.61. The lowest BCUT2D eigenvalue weighted by atomic mass is 10.2. The Morgan fingerprint density at radius 1 is 1.20 bits per heavy atom. The molecule has 3 amide bonds. The van der Waals surface area contributed by atoms with Crippen molar-refractivity contribution >= 4 is 30.0 Å². The van der Waals surface area contributed by atoms with E-state index in [0.29, 0.717) is 11.3 Å². The van der Waals surface area contributed by atoms with Crippen molar-refractivity contribution in [2.75, 3.05) is 7.11 Å². The van der Waals surface area contributed by atoms with Crippen LogP contribution >= 0.6 is 0 Å². The molecule has 1 aliphatic heterocycles. The molecule has 0 radical (unpaired) electrons. The van der Waals surface area contributed by atoms with Gasteiger partial charge in [0.1, 0.15) is 17.2 Å². The van der Waals surface area contributed by atoms with Gasteiger partial charge in [0.15, 0.2) is 6.10 Å². The Morgan fingerprint density at radius 3 is 2.53 bits per heavy atom. The zero-order valence-corrected chi connectivity index (χ0v) is 16.1. The first-order valence-electron chi connectivity index (χ1n) is 8.79. The summed E-state index contributed by atoms with van der Waals surface area (Å²) >= 11 is 0. The van der Waals surface area contributed by atoms with Gasteiger partial charge in [0.05, 0.1) is 13.7 Å². The number of furan rings is 1. The lowest BCUT2D eigenvalue weighted by Crippen LogP contribution is -2.30. The molecule has 0 spiro atoms. The molecular formula is C20H18N2O8. The molecule has 30 heavy (non-hydrogen) atoms. The Balaban J connectivity index is 1.69. The zero-order valence-electron chi connectivity index (χ0n) is 16.1. The molecule has 10 nitrogen and oxygen atoms in total. The molecule has 1 aromatic heterocycles. The third kappa shape index (κ3) is 4.49. The summed E-state index contributed by atoms with van der Waals surface area (Å²) in [5.41, 5.74) is 0.661. The number of hydrogen-bond acceptors (Lipinski definition) is 7. The van der Waals surface area contributed by atoms with Crippen molar-refractivity contribution in [3.05, 3.63) is 59.2 Å². The second kappa shape index (κ2) is 8.52. The number of carbonyl (C=O) groups excluding carboxylic acids is 3. The Kier molecular flexibility index (Phi) is 5.86. The number of esters is 1. The molecule has 1 aliphatic rings. The Bertz CT molecular complexity index is 1020. The minimum absolute atomic E-state index is 0.0326. The smallest absolute Gasteiger partial charge is 0.373 e. The predicted octanol–water partition coefficient (Wildman–Crippen LogP) is 2.01. The topological polar surface area (TPSA) is 135 Å². The van der Waals surface area contributed by atoms with E-state index in [2.05, 4.69) is 10.1 Å². The van der Waals surface area contributed by atoms with Crippen molar-refractivity contribution < 1.29 is 38.2 Å². The van der Waals surface area contributed by atoms with Crippen LogP contribution in [-0.2, 0) is 20.9 Å². The molecule has 0 aliphatic carbocycles. The summed E-state index contributed by atoms with van der Waals surface area (Å²) in [5, 5.41) is 11.3. The van der Waals surface area contributed by atoms with Gasteiger partial charge in [-0.25, -0.2) is 14.4 Å². The van der Waals surface area contributed by atoms with Crippen LogP contribution in [-0.4, -0.2) is 47.1 Å². The average molecular weight is 414 g/mol. The molecule has 156 valence electrons. The van der Waals surface area contributed by atoms with Crippen molar-refractivity contribution in [2.45, 2.75) is 19.6 Å². The van der Waals surface area contributed by atoms with Gasteiger partial charge in [-0.15, -0.1) is 0 Å². The highest BCUT2D eigenvalue weighted by atomic mass is 16.5. The third-order valence-corrected chi connectivity index (χ3v) is 4.18. The van der Waals surface area contributed by atoms with Crippen molar-refractivity contribution in [3.8, 4) is 5.75 Å². The van der Waals surface area contributed by atoms with E-state index in [1.165, 1.54) is 32.2 Å². The number of benzene rings is 1. The number of imide groups is 1. The molecule has 0 saturated carbocycles. The summed E-state index contributed by atoms with van der Waals surface area (Å²) in [6.45, 7) is 1.26. The lowest BCUT2D eigenvalue weighted by Gasteiger charge is -2.10. The second-order valence-corrected chi connectivity index (χ2v) is 6.30. The summed E-state index contributed by atoms with van der Waals surface area (Å²) in [5.74, 6) is -1.74. The number of nitrogens with one attached hydrogen (secondary N) is 1. The van der Waals surface area contributed by atoms with Crippen LogP contribution in [0.3, 0.4) is 0 Å². The van der Waals surface area contributed by atoms with E-state index in [-0.39, 0.29) is 23.8 Å². The number of hydrogen-bond donors (Lipinski definition) is 2. The molecule has 1 fully saturated rings. The van der Waals surface area contributed by atoms with Gasteiger partial charge < -0.3 is 24.3 Å². The number of aliphatic carboxylic acids is 1. The van der Waals surface area contributed by atoms with Crippen LogP contribution in [0.15, 0.2) is 46.5 Å². The number of rotatable bonds is 7. The number of carboxylic acids is 1. The molecular weight excluding hydrogens is 396 g/mol. The number of nitrogens with zero attached hydrogens (tertiary/aromatic N) is 1. The van der Waals surface area contributed by atoms with Gasteiger partial charge in [-0.2, -0.15) is 0 Å². The molecule has 0 unspecified atom stereocenters. The molecule has 2 aromatic rings. The maximum Gasteiger partial charge on any atom is 0.373 e. The molecule has 3 rings (SSSR count). The minimum atomic E-state index is -1.09. The minimum Gasteiger partial charge on any atom is -0.479 e. The van der Waals surface area contributed by atoms with Crippen LogP contribution in [0.1, 0.15) is 28.8 Å². The van der Waals surface area contributed by atoms with Crippen LogP contribution in [0.2, 0.25) is 0 Å². The summed E-state index contributed by atoms with van der Waals surface area (Å²) in [7, 11) is 1.21. The van der Waals surface area contributed by atoms with Gasteiger partial charge in [-0.1, -0.05) is 12.1 Å². The molecule has 2 N–H and O–H groups in total. The van der Waals surface area contributed by atoms with Gasteiger partial charge in [-0.05, 0) is 42.8 Å². The Morgan fingerprint density at radius 2 is 1.90 bits per heavy atom. The van der Waals surface area contributed by atoms with Gasteiger partial charge in [0.25, 0.3) is 5.91 Å². The average Bonchev–Trinajstić information content (AvgIpc) is 3.29. The summed E-state index contributed by atoms with van der Waals surface area (Å²) in [6, 6.07) is 8.60. The van der Waals surface area contributed by atoms with E-state index < -0.39 is 30.0 Å². The van der Waals surface area contributed by atoms with Gasteiger partial charge in [0.2, 0.25) is 5.76 Å². The highest BCUT2D eigenvalue weighted by Crippen LogP contribution is 2.20. The summed E-state index contributed by atoms with van der Waals surface area (Å²) < 4.78 is 15.1. The van der Waals surface area contributed by atoms with E-state index in [0.717, 1.165) is 4.90 Å². The first-order valence-corrected chi connectivity index (χ1v) is 8.79. The maximum atomic E-state index is 12.6. The van der Waals surface area contributed by atoms with Crippen LogP contribution in [0, 0.1) is 0 Å². The fourth-order valence-corrected chi connectivity index (χ4v) is 2.61. The Hall–Kier alpha value is -4.08. The zero-order chi connectivity index (χ0) is 21.8. The number of ether oxygens (including phenoxy) is 2. The monoisotopic (exact) mass is 414 g/mol. The number of methoxy groups -OCH3 is 1. The van der Waals surface area contributed by atoms with Crippen LogP contribution in [0.4, 0.5) is 4.79 Å². The Labute approximate surface area is 170 Å². The predicted molar refractivity (Wildman–Crippen MR) is 101 cm³/mol. The molecule has 0 bridgehead atoms. The molecule has 1 atom stereocenters. The quantitative estimate of drug-likeness (QED) is 0.399. The van der Waals surface area contributed by atoms with E-state index in [1.54, 1.807) is 24.3 Å². The van der Waals surface area contributed by atoms with Crippen molar-refractivity contribution in [1.29, 1.82) is 0 Å². The first kappa shape index (κ1) is 20.6. The number of carbonyl (C=O) groups is 4. The van der Waals surface area contributed by atoms with Crippen LogP contribution < -0.4 is 10.1 Å². The largest absolute Gasteiger partial charge is 0.479 e. The number of urea groups is 1. The van der Waals surface area contributed by atoms with E-state index in [9.17, 15) is 19.2 Å². The summed E-state index contributed by atoms with van der Waals surface area (Å²) in [6.07, 6.45) is 0.479. The molecule has 1 saturated heterocycles. The molecule has 2 heterocycles. The van der Waals surface area contributed by atoms with Crippen LogP contribution in [0.25, 0.3) is 6.08 Å². The van der Waals surface area contributed by atoms with E-state index in [4.69, 9.17) is 14.3 Å². The van der Waals surface area contributed by atoms with Gasteiger partial charge in [0, 0.05) is 0 Å². The SMILES string of the molecule is COC(=O)c1ccc(CN2C(=O)N/C(=C\c3ccc(O[C@@H](C)C(=O)O)cc3)C2=O)o1. The van der Waals surface area contributed by atoms with Crippen molar-refractivity contribution in [1.82, 2.24) is 10.2 Å². The maximum absolute atomic E-state index is 12.6. The van der Waals surface area contributed by atoms with Gasteiger partial charge in [-0.3, -0.25) is 9.69 Å². The molecule has 1 aromatic carbocycles. The standard InChI is InChI=1S/C20H18N2O8/c1-11(18(24)25)29-13-5-3-12(4-6-13)9-15-17(23)22(20(27)21-15)10-14-7-8-16(30-14)19(26)28-2/h3-9,11H,10H2,1-2H3,(H,21,27)(H,24,25)/b15-9-/t11-/m0/s1. The van der Waals surface area contributed by atoms with Crippen LogP contribution in [0.5, 0.6) is 5.75 Å². The number of carboxylic acid groups (broad SMARTS) is 1. The fraction of sp³-hybridized carbons (Fsp3) is 0.200. The highest BCUT2D eigenvalue weighted by Gasteiger charge is 2.34. The summed E-state index contributed by atoms with van der Waals surface area (Å²) in [4.78, 5) is 47.9. The number of amides is 3. The lowest BCUT2D eigenvalue weighted by molar-refractivity contribution is -0.144. The second-order valence-electron chi connectivity index (χ2n) is 6.30. The van der Waals surface area contributed by atoms with Gasteiger partial charge >= 0.3 is 18.0 Å². The third-order valence-electron chi connectivity index (χ3n) is 4.18.